The molecule has 0 unspecified atom stereocenters. The van der Waals surface area contributed by atoms with Gasteiger partial charge < -0.3 is 24.0 Å². The molecule has 1 aromatic heterocycles. The SMILES string of the molecule is COCCn1cc(CN2CCN(c3ccccc3Cl)CC2)cc1C(=O)N1CCN(c2ccccc2)CC1. The lowest BCUT2D eigenvalue weighted by molar-refractivity contribution is 0.0733. The summed E-state index contributed by atoms with van der Waals surface area (Å²) in [6, 6.07) is 20.6. The van der Waals surface area contributed by atoms with E-state index in [0.29, 0.717) is 13.2 Å². The molecule has 8 heteroatoms. The smallest absolute Gasteiger partial charge is 0.270 e. The van der Waals surface area contributed by atoms with Crippen molar-refractivity contribution < 1.29 is 9.53 Å². The Balaban J connectivity index is 1.21. The van der Waals surface area contributed by atoms with Crippen LogP contribution >= 0.6 is 11.6 Å². The number of hydrogen-bond donors (Lipinski definition) is 0. The molecule has 3 aromatic rings. The maximum absolute atomic E-state index is 13.6. The van der Waals surface area contributed by atoms with Gasteiger partial charge in [-0.3, -0.25) is 9.69 Å². The number of anilines is 2. The fourth-order valence-electron chi connectivity index (χ4n) is 5.29. The molecule has 2 saturated heterocycles. The van der Waals surface area contributed by atoms with Crippen molar-refractivity contribution in [3.63, 3.8) is 0 Å². The molecule has 0 N–H and O–H groups in total. The summed E-state index contributed by atoms with van der Waals surface area (Å²) in [5.74, 6) is 0.110. The predicted molar refractivity (Wildman–Crippen MR) is 150 cm³/mol. The average molecular weight is 522 g/mol. The number of rotatable bonds is 8. The summed E-state index contributed by atoms with van der Waals surface area (Å²) in [6.07, 6.45) is 2.13. The second-order valence-electron chi connectivity index (χ2n) is 9.75. The van der Waals surface area contributed by atoms with Gasteiger partial charge in [-0.2, -0.15) is 0 Å². The van der Waals surface area contributed by atoms with Crippen molar-refractivity contribution in [2.45, 2.75) is 13.1 Å². The number of piperazine rings is 2. The van der Waals surface area contributed by atoms with Gasteiger partial charge in [0.2, 0.25) is 0 Å². The summed E-state index contributed by atoms with van der Waals surface area (Å²) in [7, 11) is 1.70. The minimum Gasteiger partial charge on any atom is -0.383 e. The highest BCUT2D eigenvalue weighted by molar-refractivity contribution is 6.33. The monoisotopic (exact) mass is 521 g/mol. The number of benzene rings is 2. The highest BCUT2D eigenvalue weighted by Crippen LogP contribution is 2.26. The Morgan fingerprint density at radius 3 is 2.24 bits per heavy atom. The molecule has 3 heterocycles. The van der Waals surface area contributed by atoms with E-state index in [1.54, 1.807) is 7.11 Å². The Morgan fingerprint density at radius 2 is 1.54 bits per heavy atom. The zero-order valence-corrected chi connectivity index (χ0v) is 22.3. The van der Waals surface area contributed by atoms with Crippen LogP contribution in [0.3, 0.4) is 0 Å². The van der Waals surface area contributed by atoms with Gasteiger partial charge in [-0.25, -0.2) is 0 Å². The van der Waals surface area contributed by atoms with Crippen LogP contribution in [0.4, 0.5) is 11.4 Å². The quantitative estimate of drug-likeness (QED) is 0.447. The van der Waals surface area contributed by atoms with E-state index < -0.39 is 0 Å². The van der Waals surface area contributed by atoms with Crippen LogP contribution in [0.1, 0.15) is 16.1 Å². The van der Waals surface area contributed by atoms with Crippen molar-refractivity contribution >= 4 is 28.9 Å². The minimum absolute atomic E-state index is 0.110. The zero-order valence-electron chi connectivity index (χ0n) is 21.6. The summed E-state index contributed by atoms with van der Waals surface area (Å²) in [5, 5.41) is 0.805. The number of hydrogen-bond acceptors (Lipinski definition) is 5. The van der Waals surface area contributed by atoms with E-state index in [4.69, 9.17) is 16.3 Å². The lowest BCUT2D eigenvalue weighted by Crippen LogP contribution is -2.49. The van der Waals surface area contributed by atoms with E-state index in [1.807, 2.05) is 29.2 Å². The number of halogens is 1. The highest BCUT2D eigenvalue weighted by atomic mass is 35.5. The molecule has 0 radical (unpaired) electrons. The third kappa shape index (κ3) is 6.12. The Labute approximate surface area is 224 Å². The number of methoxy groups -OCH3 is 1. The number of carbonyl (C=O) groups excluding carboxylic acids is 1. The molecule has 2 aliphatic rings. The summed E-state index contributed by atoms with van der Waals surface area (Å²) < 4.78 is 7.41. The molecule has 2 aromatic carbocycles. The molecule has 0 atom stereocenters. The number of ether oxygens (including phenoxy) is 1. The maximum atomic E-state index is 13.6. The van der Waals surface area contributed by atoms with Crippen LogP contribution in [-0.4, -0.2) is 86.3 Å². The second kappa shape index (κ2) is 12.0. The molecule has 196 valence electrons. The first kappa shape index (κ1) is 25.6. The van der Waals surface area contributed by atoms with Gasteiger partial charge in [0, 0.05) is 84.4 Å². The van der Waals surface area contributed by atoms with Gasteiger partial charge in [0.25, 0.3) is 5.91 Å². The Hall–Kier alpha value is -3.00. The summed E-state index contributed by atoms with van der Waals surface area (Å²) in [5.41, 5.74) is 4.26. The van der Waals surface area contributed by atoms with Gasteiger partial charge in [-0.15, -0.1) is 0 Å². The molecule has 0 saturated carbocycles. The lowest BCUT2D eigenvalue weighted by atomic mass is 10.2. The molecule has 7 nitrogen and oxygen atoms in total. The number of nitrogens with zero attached hydrogens (tertiary/aromatic N) is 5. The third-order valence-electron chi connectivity index (χ3n) is 7.37. The molecular formula is C29H36ClN5O2. The van der Waals surface area contributed by atoms with E-state index in [2.05, 4.69) is 61.9 Å². The van der Waals surface area contributed by atoms with Crippen LogP contribution in [-0.2, 0) is 17.8 Å². The summed E-state index contributed by atoms with van der Waals surface area (Å²) >= 11 is 6.41. The van der Waals surface area contributed by atoms with Gasteiger partial charge in [-0.1, -0.05) is 41.9 Å². The first-order chi connectivity index (χ1) is 18.1. The molecule has 1 amide bonds. The normalized spacial score (nSPS) is 16.9. The number of amides is 1. The van der Waals surface area contributed by atoms with Crippen LogP contribution in [0.25, 0.3) is 0 Å². The van der Waals surface area contributed by atoms with Gasteiger partial charge in [0.1, 0.15) is 5.69 Å². The molecule has 0 bridgehead atoms. The van der Waals surface area contributed by atoms with Crippen molar-refractivity contribution in [1.29, 1.82) is 0 Å². The first-order valence-electron chi connectivity index (χ1n) is 13.1. The molecule has 5 rings (SSSR count). The van der Waals surface area contributed by atoms with Gasteiger partial charge in [-0.05, 0) is 35.9 Å². The Morgan fingerprint density at radius 1 is 0.865 bits per heavy atom. The number of para-hydroxylation sites is 2. The number of aromatic nitrogens is 1. The largest absolute Gasteiger partial charge is 0.383 e. The average Bonchev–Trinajstić information content (AvgIpc) is 3.35. The van der Waals surface area contributed by atoms with Crippen molar-refractivity contribution in [3.05, 3.63) is 83.1 Å². The standard InChI is InChI=1S/C29H36ClN5O2/c1-37-20-19-35-23-24(22-31-11-13-33(14-12-31)27-10-6-5-9-26(27)30)21-28(35)29(36)34-17-15-32(16-18-34)25-7-3-2-4-8-25/h2-10,21,23H,11-20,22H2,1H3. The first-order valence-corrected chi connectivity index (χ1v) is 13.5. The summed E-state index contributed by atoms with van der Waals surface area (Å²) in [4.78, 5) is 22.7. The van der Waals surface area contributed by atoms with E-state index in [1.165, 1.54) is 11.3 Å². The van der Waals surface area contributed by atoms with Crippen LogP contribution in [0, 0.1) is 0 Å². The van der Waals surface area contributed by atoms with Crippen LogP contribution in [0.15, 0.2) is 66.9 Å². The minimum atomic E-state index is 0.110. The fourth-order valence-corrected chi connectivity index (χ4v) is 5.55. The topological polar surface area (TPSA) is 44.2 Å². The van der Waals surface area contributed by atoms with Gasteiger partial charge >= 0.3 is 0 Å². The molecule has 2 fully saturated rings. The molecule has 37 heavy (non-hydrogen) atoms. The van der Waals surface area contributed by atoms with E-state index in [9.17, 15) is 4.79 Å². The van der Waals surface area contributed by atoms with Crippen molar-refractivity contribution in [1.82, 2.24) is 14.4 Å². The highest BCUT2D eigenvalue weighted by Gasteiger charge is 2.26. The lowest BCUT2D eigenvalue weighted by Gasteiger charge is -2.36. The predicted octanol–water partition coefficient (Wildman–Crippen LogP) is 4.07. The van der Waals surface area contributed by atoms with Crippen LogP contribution < -0.4 is 9.80 Å². The van der Waals surface area contributed by atoms with Crippen LogP contribution in [0.2, 0.25) is 5.02 Å². The van der Waals surface area contributed by atoms with Crippen LogP contribution in [0.5, 0.6) is 0 Å². The molecule has 2 aliphatic heterocycles. The third-order valence-corrected chi connectivity index (χ3v) is 7.69. The van der Waals surface area contributed by atoms with Crippen molar-refractivity contribution in [3.8, 4) is 0 Å². The van der Waals surface area contributed by atoms with Gasteiger partial charge in [0.05, 0.1) is 17.3 Å². The van der Waals surface area contributed by atoms with Crippen molar-refractivity contribution in [2.75, 3.05) is 75.9 Å². The Kier molecular flexibility index (Phi) is 8.34. The fraction of sp³-hybridized carbons (Fsp3) is 0.414. The van der Waals surface area contributed by atoms with E-state index in [0.717, 1.165) is 75.3 Å². The molecule has 0 aliphatic carbocycles. The maximum Gasteiger partial charge on any atom is 0.270 e. The molecular weight excluding hydrogens is 486 g/mol. The summed E-state index contributed by atoms with van der Waals surface area (Å²) in [6.45, 7) is 9.00. The van der Waals surface area contributed by atoms with E-state index >= 15 is 0 Å². The second-order valence-corrected chi connectivity index (χ2v) is 10.2. The van der Waals surface area contributed by atoms with Gasteiger partial charge in [0.15, 0.2) is 0 Å². The Bertz CT molecular complexity index is 1170. The molecule has 0 spiro atoms. The number of carbonyl (C=O) groups is 1. The van der Waals surface area contributed by atoms with Crippen molar-refractivity contribution in [2.24, 2.45) is 0 Å². The zero-order chi connectivity index (χ0) is 25.6. The van der Waals surface area contributed by atoms with E-state index in [-0.39, 0.29) is 5.91 Å².